The maximum Gasteiger partial charge on any atom is 0.241 e. The zero-order chi connectivity index (χ0) is 14.7. The van der Waals surface area contributed by atoms with Crippen LogP contribution in [0.2, 0.25) is 0 Å². The van der Waals surface area contributed by atoms with Gasteiger partial charge < -0.3 is 10.6 Å². The van der Waals surface area contributed by atoms with E-state index in [0.29, 0.717) is 0 Å². The normalized spacial score (nSPS) is 18.4. The molecule has 2 heterocycles. The van der Waals surface area contributed by atoms with Crippen LogP contribution >= 0.6 is 0 Å². The van der Waals surface area contributed by atoms with Crippen LogP contribution in [0.3, 0.4) is 0 Å². The lowest BCUT2D eigenvalue weighted by Gasteiger charge is -2.22. The SMILES string of the molecule is Cc1ccc(NC(=O)[C@H]2CCCCN2)cc1-n1cnnn1. The second-order valence-corrected chi connectivity index (χ2v) is 5.25. The van der Waals surface area contributed by atoms with Gasteiger partial charge in [0.15, 0.2) is 0 Å². The monoisotopic (exact) mass is 286 g/mol. The highest BCUT2D eigenvalue weighted by atomic mass is 16.2. The summed E-state index contributed by atoms with van der Waals surface area (Å²) in [6.45, 7) is 2.88. The molecule has 0 spiro atoms. The van der Waals surface area contributed by atoms with Crippen LogP contribution in [0.5, 0.6) is 0 Å². The van der Waals surface area contributed by atoms with Gasteiger partial charge in [0.1, 0.15) is 6.33 Å². The van der Waals surface area contributed by atoms with Crippen molar-refractivity contribution in [2.45, 2.75) is 32.2 Å². The molecule has 0 bridgehead atoms. The van der Waals surface area contributed by atoms with E-state index in [1.165, 1.54) is 6.33 Å². The molecular formula is C14H18N6O. The van der Waals surface area contributed by atoms with Gasteiger partial charge in [-0.25, -0.2) is 4.68 Å². The van der Waals surface area contributed by atoms with Crippen LogP contribution < -0.4 is 10.6 Å². The van der Waals surface area contributed by atoms with E-state index in [9.17, 15) is 4.79 Å². The average molecular weight is 286 g/mol. The number of rotatable bonds is 3. The fraction of sp³-hybridized carbons (Fsp3) is 0.429. The number of anilines is 1. The molecule has 1 saturated heterocycles. The second kappa shape index (κ2) is 6.01. The van der Waals surface area contributed by atoms with Crippen LogP contribution in [0.4, 0.5) is 5.69 Å². The van der Waals surface area contributed by atoms with E-state index < -0.39 is 0 Å². The molecule has 2 aromatic rings. The van der Waals surface area contributed by atoms with Crippen LogP contribution in [0, 0.1) is 6.92 Å². The summed E-state index contributed by atoms with van der Waals surface area (Å²) in [5, 5.41) is 17.4. The van der Waals surface area contributed by atoms with Gasteiger partial charge in [0.05, 0.1) is 11.7 Å². The molecule has 7 heteroatoms. The molecule has 1 aromatic carbocycles. The molecule has 2 N–H and O–H groups in total. The van der Waals surface area contributed by atoms with Crippen LogP contribution in [0.25, 0.3) is 5.69 Å². The zero-order valence-electron chi connectivity index (χ0n) is 11.9. The van der Waals surface area contributed by atoms with Crippen LogP contribution in [-0.4, -0.2) is 38.7 Å². The minimum atomic E-state index is -0.100. The first-order valence-electron chi connectivity index (χ1n) is 7.12. The molecule has 7 nitrogen and oxygen atoms in total. The van der Waals surface area contributed by atoms with Gasteiger partial charge in [0, 0.05) is 5.69 Å². The number of aryl methyl sites for hydroxylation is 1. The topological polar surface area (TPSA) is 84.7 Å². The maximum absolute atomic E-state index is 12.2. The van der Waals surface area contributed by atoms with Gasteiger partial charge in [0.25, 0.3) is 0 Å². The van der Waals surface area contributed by atoms with Gasteiger partial charge >= 0.3 is 0 Å². The van der Waals surface area contributed by atoms with Crippen molar-refractivity contribution < 1.29 is 4.79 Å². The van der Waals surface area contributed by atoms with E-state index in [0.717, 1.165) is 42.7 Å². The zero-order valence-corrected chi connectivity index (χ0v) is 11.9. The summed E-state index contributed by atoms with van der Waals surface area (Å²) in [6.07, 6.45) is 4.65. The molecule has 1 aliphatic rings. The number of benzene rings is 1. The van der Waals surface area contributed by atoms with Crippen molar-refractivity contribution in [2.24, 2.45) is 0 Å². The minimum Gasteiger partial charge on any atom is -0.325 e. The summed E-state index contributed by atoms with van der Waals surface area (Å²) in [5.74, 6) is 0.0150. The van der Waals surface area contributed by atoms with E-state index in [4.69, 9.17) is 0 Å². The van der Waals surface area contributed by atoms with E-state index in [1.54, 1.807) is 4.68 Å². The smallest absolute Gasteiger partial charge is 0.241 e. The molecule has 110 valence electrons. The molecule has 1 aromatic heterocycles. The number of tetrazole rings is 1. The molecule has 3 rings (SSSR count). The molecule has 1 aliphatic heterocycles. The number of piperidine rings is 1. The molecular weight excluding hydrogens is 268 g/mol. The Morgan fingerprint density at radius 2 is 2.33 bits per heavy atom. The summed E-state index contributed by atoms with van der Waals surface area (Å²) in [6, 6.07) is 5.62. The van der Waals surface area contributed by atoms with Gasteiger partial charge in [-0.3, -0.25) is 4.79 Å². The Hall–Kier alpha value is -2.28. The van der Waals surface area contributed by atoms with E-state index in [2.05, 4.69) is 26.2 Å². The first kappa shape index (κ1) is 13.7. The lowest BCUT2D eigenvalue weighted by Crippen LogP contribution is -2.43. The number of aromatic nitrogens is 4. The van der Waals surface area contributed by atoms with Crippen molar-refractivity contribution in [3.63, 3.8) is 0 Å². The molecule has 0 unspecified atom stereocenters. The van der Waals surface area contributed by atoms with Gasteiger partial charge in [-0.05, 0) is 54.4 Å². The maximum atomic E-state index is 12.2. The molecule has 0 radical (unpaired) electrons. The van der Waals surface area contributed by atoms with Crippen molar-refractivity contribution in [3.05, 3.63) is 30.1 Å². The first-order valence-corrected chi connectivity index (χ1v) is 7.12. The van der Waals surface area contributed by atoms with Gasteiger partial charge in [0.2, 0.25) is 5.91 Å². The lowest BCUT2D eigenvalue weighted by atomic mass is 10.0. The Bertz CT molecular complexity index is 618. The Kier molecular flexibility index (Phi) is 3.92. The third-order valence-electron chi connectivity index (χ3n) is 3.70. The summed E-state index contributed by atoms with van der Waals surface area (Å²) in [4.78, 5) is 12.2. The van der Waals surface area contributed by atoms with Gasteiger partial charge in [-0.15, -0.1) is 5.10 Å². The van der Waals surface area contributed by atoms with E-state index >= 15 is 0 Å². The average Bonchev–Trinajstić information content (AvgIpc) is 3.04. The standard InChI is InChI=1S/C14H18N6O/c1-10-5-6-11(8-13(10)20-9-16-18-19-20)17-14(21)12-4-2-3-7-15-12/h5-6,8-9,12,15H,2-4,7H2,1H3,(H,17,21)/t12-/m1/s1. The van der Waals surface area contributed by atoms with Crippen LogP contribution in [0.1, 0.15) is 24.8 Å². The second-order valence-electron chi connectivity index (χ2n) is 5.25. The molecule has 0 saturated carbocycles. The number of nitrogens with one attached hydrogen (secondary N) is 2. The van der Waals surface area contributed by atoms with Gasteiger partial charge in [-0.2, -0.15) is 0 Å². The number of nitrogens with zero attached hydrogens (tertiary/aromatic N) is 4. The number of hydrogen-bond acceptors (Lipinski definition) is 5. The number of hydrogen-bond donors (Lipinski definition) is 2. The molecule has 1 fully saturated rings. The number of carbonyl (C=O) groups excluding carboxylic acids is 1. The fourth-order valence-electron chi connectivity index (χ4n) is 2.51. The lowest BCUT2D eigenvalue weighted by molar-refractivity contribution is -0.118. The van der Waals surface area contributed by atoms with Crippen molar-refractivity contribution in [2.75, 3.05) is 11.9 Å². The van der Waals surface area contributed by atoms with Crippen molar-refractivity contribution in [1.82, 2.24) is 25.5 Å². The van der Waals surface area contributed by atoms with Crippen LogP contribution in [0.15, 0.2) is 24.5 Å². The first-order chi connectivity index (χ1) is 10.2. The highest BCUT2D eigenvalue weighted by Crippen LogP contribution is 2.19. The molecule has 21 heavy (non-hydrogen) atoms. The van der Waals surface area contributed by atoms with Gasteiger partial charge in [-0.1, -0.05) is 12.5 Å². The van der Waals surface area contributed by atoms with Crippen molar-refractivity contribution in [1.29, 1.82) is 0 Å². The van der Waals surface area contributed by atoms with Crippen molar-refractivity contribution in [3.8, 4) is 5.69 Å². The van der Waals surface area contributed by atoms with E-state index in [1.807, 2.05) is 25.1 Å². The highest BCUT2D eigenvalue weighted by Gasteiger charge is 2.20. The molecule has 0 aliphatic carbocycles. The fourth-order valence-corrected chi connectivity index (χ4v) is 2.51. The van der Waals surface area contributed by atoms with Crippen LogP contribution in [-0.2, 0) is 4.79 Å². The summed E-state index contributed by atoms with van der Waals surface area (Å²) in [5.41, 5.74) is 2.65. The van der Waals surface area contributed by atoms with E-state index in [-0.39, 0.29) is 11.9 Å². The third kappa shape index (κ3) is 3.08. The predicted molar refractivity (Wildman–Crippen MR) is 78.2 cm³/mol. The Balaban J connectivity index is 1.77. The summed E-state index contributed by atoms with van der Waals surface area (Å²) in [7, 11) is 0. The minimum absolute atomic E-state index is 0.0150. The predicted octanol–water partition coefficient (Wildman–Crippen LogP) is 1.05. The number of carbonyl (C=O) groups is 1. The van der Waals surface area contributed by atoms with Crippen molar-refractivity contribution >= 4 is 11.6 Å². The highest BCUT2D eigenvalue weighted by molar-refractivity contribution is 5.95. The Morgan fingerprint density at radius 3 is 3.05 bits per heavy atom. The third-order valence-corrected chi connectivity index (χ3v) is 3.70. The Morgan fingerprint density at radius 1 is 1.43 bits per heavy atom. The summed E-state index contributed by atoms with van der Waals surface area (Å²) < 4.78 is 1.59. The molecule has 1 amide bonds. The quantitative estimate of drug-likeness (QED) is 0.881. The summed E-state index contributed by atoms with van der Waals surface area (Å²) >= 11 is 0. The molecule has 1 atom stereocenters. The number of amides is 1. The Labute approximate surface area is 122 Å². The largest absolute Gasteiger partial charge is 0.325 e.